The van der Waals surface area contributed by atoms with Crippen molar-refractivity contribution >= 4 is 21.2 Å². The van der Waals surface area contributed by atoms with Gasteiger partial charge in [0.2, 0.25) is 0 Å². The molecule has 2 aliphatic heterocycles. The molecule has 2 fully saturated rings. The average molecular weight is 505 g/mol. The molecule has 2 aromatic rings. The highest BCUT2D eigenvalue weighted by Gasteiger charge is 2.48. The number of sulfone groups is 1. The number of Topliss-reactive ketones (excluding diaryl/α,β-unsaturated/α-hetero) is 1. The topological polar surface area (TPSA) is 96.7 Å². The van der Waals surface area contributed by atoms with Crippen LogP contribution in [0.3, 0.4) is 0 Å². The van der Waals surface area contributed by atoms with Crippen LogP contribution in [0.15, 0.2) is 42.0 Å². The first-order chi connectivity index (χ1) is 17.4. The molecule has 7 nitrogen and oxygen atoms in total. The summed E-state index contributed by atoms with van der Waals surface area (Å²) in [5.74, 6) is 1.17. The molecule has 36 heavy (non-hydrogen) atoms. The molecule has 0 N–H and O–H groups in total. The zero-order valence-electron chi connectivity index (χ0n) is 20.1. The monoisotopic (exact) mass is 504 g/mol. The van der Waals surface area contributed by atoms with Crippen LogP contribution >= 0.6 is 0 Å². The Morgan fingerprint density at radius 1 is 1.06 bits per heavy atom. The molecule has 0 amide bonds. The van der Waals surface area contributed by atoms with E-state index in [-0.39, 0.29) is 22.7 Å². The minimum atomic E-state index is -2.90. The van der Waals surface area contributed by atoms with Crippen molar-refractivity contribution in [1.29, 1.82) is 5.26 Å². The minimum Gasteiger partial charge on any atom is -0.492 e. The number of nitriles is 1. The predicted octanol–water partition coefficient (Wildman–Crippen LogP) is 2.92. The van der Waals surface area contributed by atoms with Crippen LogP contribution in [-0.2, 0) is 26.4 Å². The van der Waals surface area contributed by atoms with E-state index < -0.39 is 9.84 Å². The molecule has 6 rings (SSSR count). The summed E-state index contributed by atoms with van der Waals surface area (Å²) in [4.78, 5) is 15.9. The van der Waals surface area contributed by atoms with E-state index in [1.165, 1.54) is 0 Å². The number of carbonyl (C=O) groups excluding carboxylic acids is 1. The molecule has 0 bridgehead atoms. The molecule has 0 saturated carbocycles. The Morgan fingerprint density at radius 2 is 1.81 bits per heavy atom. The third kappa shape index (κ3) is 3.86. The van der Waals surface area contributed by atoms with Gasteiger partial charge in [0.1, 0.15) is 12.4 Å². The summed E-state index contributed by atoms with van der Waals surface area (Å²) in [7, 11) is -2.90. The summed E-state index contributed by atoms with van der Waals surface area (Å²) in [5, 5.41) is 9.38. The fraction of sp³-hybridized carbons (Fsp3) is 0.429. The summed E-state index contributed by atoms with van der Waals surface area (Å²) in [6.45, 7) is 3.47. The number of hydrogen-bond acceptors (Lipinski definition) is 7. The Labute approximate surface area is 211 Å². The van der Waals surface area contributed by atoms with Gasteiger partial charge < -0.3 is 9.47 Å². The second kappa shape index (κ2) is 8.84. The number of benzene rings is 2. The molecule has 0 unspecified atom stereocenters. The smallest absolute Gasteiger partial charge is 0.193 e. The number of ketones is 1. The van der Waals surface area contributed by atoms with E-state index in [0.717, 1.165) is 52.0 Å². The van der Waals surface area contributed by atoms with Gasteiger partial charge in [0.15, 0.2) is 15.6 Å². The van der Waals surface area contributed by atoms with Gasteiger partial charge in [0.25, 0.3) is 0 Å². The number of carbonyl (C=O) groups is 1. The van der Waals surface area contributed by atoms with Gasteiger partial charge in [-0.05, 0) is 71.9 Å². The number of fused-ring (bicyclic) bond motifs is 5. The van der Waals surface area contributed by atoms with E-state index in [4.69, 9.17) is 9.47 Å². The lowest BCUT2D eigenvalue weighted by Gasteiger charge is -2.43. The number of allylic oxidation sites excluding steroid dienone is 2. The second-order valence-electron chi connectivity index (χ2n) is 10.1. The maximum absolute atomic E-state index is 13.8. The molecule has 0 radical (unpaired) electrons. The zero-order valence-corrected chi connectivity index (χ0v) is 20.9. The number of hydrogen-bond donors (Lipinski definition) is 0. The van der Waals surface area contributed by atoms with E-state index in [9.17, 15) is 18.5 Å². The normalized spacial score (nSPS) is 22.0. The fourth-order valence-electron chi connectivity index (χ4n) is 6.22. The largest absolute Gasteiger partial charge is 0.492 e. The zero-order chi connectivity index (χ0) is 24.9. The highest BCUT2D eigenvalue weighted by molar-refractivity contribution is 7.91. The Bertz CT molecular complexity index is 1420. The maximum atomic E-state index is 13.8. The van der Waals surface area contributed by atoms with Crippen molar-refractivity contribution in [3.05, 3.63) is 69.8 Å². The predicted molar refractivity (Wildman–Crippen MR) is 135 cm³/mol. The molecule has 2 heterocycles. The van der Waals surface area contributed by atoms with Crippen LogP contribution < -0.4 is 4.74 Å². The van der Waals surface area contributed by atoms with Gasteiger partial charge in [-0.15, -0.1) is 0 Å². The van der Waals surface area contributed by atoms with Crippen molar-refractivity contribution in [3.63, 3.8) is 0 Å². The van der Waals surface area contributed by atoms with E-state index in [1.54, 1.807) is 6.07 Å². The summed E-state index contributed by atoms with van der Waals surface area (Å²) >= 11 is 0. The van der Waals surface area contributed by atoms with Crippen molar-refractivity contribution in [3.8, 4) is 11.8 Å². The van der Waals surface area contributed by atoms with Gasteiger partial charge in [0, 0.05) is 49.4 Å². The standard InChI is InChI=1S/C28H28N2O5S/c29-18-19-1-3-22-20(15-19)16-25-26(22)27(31)23-4-2-21(17-24(23)28(25)5-10-34-11-6-28)35-12-7-30-8-13-36(32,33)14-9-30/h1-4,15,17H,5-14,16H2. The molecular weight excluding hydrogens is 476 g/mol. The number of ether oxygens (including phenoxy) is 2. The summed E-state index contributed by atoms with van der Waals surface area (Å²) in [5.41, 5.74) is 6.02. The molecule has 0 atom stereocenters. The SMILES string of the molecule is N#Cc1ccc2c(c1)CC1=C2C(=O)c2ccc(OCCN3CCS(=O)(=O)CC3)cc2C12CCOCC2. The number of nitrogens with zero attached hydrogens (tertiary/aromatic N) is 2. The second-order valence-corrected chi connectivity index (χ2v) is 12.4. The van der Waals surface area contributed by atoms with Crippen LogP contribution in [0.2, 0.25) is 0 Å². The van der Waals surface area contributed by atoms with E-state index in [1.807, 2.05) is 30.3 Å². The molecular formula is C28H28N2O5S. The number of rotatable bonds is 4. The molecule has 2 aliphatic carbocycles. The molecule has 4 aliphatic rings. The van der Waals surface area contributed by atoms with Crippen molar-refractivity contribution in [2.24, 2.45) is 0 Å². The van der Waals surface area contributed by atoms with Gasteiger partial charge in [-0.3, -0.25) is 9.69 Å². The third-order valence-corrected chi connectivity index (χ3v) is 9.80. The maximum Gasteiger partial charge on any atom is 0.193 e. The van der Waals surface area contributed by atoms with E-state index in [0.29, 0.717) is 51.4 Å². The first kappa shape index (κ1) is 23.4. The van der Waals surface area contributed by atoms with Crippen LogP contribution in [0, 0.1) is 11.3 Å². The van der Waals surface area contributed by atoms with Gasteiger partial charge in [-0.25, -0.2) is 8.42 Å². The van der Waals surface area contributed by atoms with Gasteiger partial charge in [-0.1, -0.05) is 6.07 Å². The van der Waals surface area contributed by atoms with Gasteiger partial charge in [0.05, 0.1) is 23.1 Å². The molecule has 0 aromatic heterocycles. The van der Waals surface area contributed by atoms with Crippen LogP contribution in [0.25, 0.3) is 5.57 Å². The van der Waals surface area contributed by atoms with Crippen molar-refractivity contribution < 1.29 is 22.7 Å². The first-order valence-electron chi connectivity index (χ1n) is 12.5. The average Bonchev–Trinajstić information content (AvgIpc) is 3.29. The lowest BCUT2D eigenvalue weighted by Crippen LogP contribution is -2.42. The Balaban J connectivity index is 1.29. The Hall–Kier alpha value is -2.99. The highest BCUT2D eigenvalue weighted by atomic mass is 32.2. The molecule has 2 aromatic carbocycles. The minimum absolute atomic E-state index is 0.0432. The quantitative estimate of drug-likeness (QED) is 0.632. The summed E-state index contributed by atoms with van der Waals surface area (Å²) in [6, 6.07) is 13.6. The molecule has 2 saturated heterocycles. The van der Waals surface area contributed by atoms with E-state index >= 15 is 0 Å². The Morgan fingerprint density at radius 3 is 2.56 bits per heavy atom. The van der Waals surface area contributed by atoms with Crippen LogP contribution in [-0.4, -0.2) is 70.1 Å². The van der Waals surface area contributed by atoms with Gasteiger partial charge >= 0.3 is 0 Å². The lowest BCUT2D eigenvalue weighted by atomic mass is 9.62. The lowest BCUT2D eigenvalue weighted by molar-refractivity contribution is 0.0602. The summed E-state index contributed by atoms with van der Waals surface area (Å²) in [6.07, 6.45) is 2.28. The molecule has 1 spiro atoms. The fourth-order valence-corrected chi connectivity index (χ4v) is 7.50. The van der Waals surface area contributed by atoms with E-state index in [2.05, 4.69) is 11.0 Å². The van der Waals surface area contributed by atoms with Crippen molar-refractivity contribution in [1.82, 2.24) is 4.90 Å². The molecule has 186 valence electrons. The third-order valence-electron chi connectivity index (χ3n) is 8.19. The molecule has 8 heteroatoms. The highest BCUT2D eigenvalue weighted by Crippen LogP contribution is 2.54. The van der Waals surface area contributed by atoms with Gasteiger partial charge in [-0.2, -0.15) is 5.26 Å². The van der Waals surface area contributed by atoms with Crippen LogP contribution in [0.5, 0.6) is 5.75 Å². The Kier molecular flexibility index (Phi) is 5.75. The van der Waals surface area contributed by atoms with Crippen molar-refractivity contribution in [2.75, 3.05) is 51.0 Å². The summed E-state index contributed by atoms with van der Waals surface area (Å²) < 4.78 is 35.2. The first-order valence-corrected chi connectivity index (χ1v) is 14.3. The van der Waals surface area contributed by atoms with Crippen LogP contribution in [0.1, 0.15) is 45.5 Å². The van der Waals surface area contributed by atoms with Crippen molar-refractivity contribution in [2.45, 2.75) is 24.7 Å². The van der Waals surface area contributed by atoms with Crippen LogP contribution in [0.4, 0.5) is 0 Å².